The first-order valence-electron chi connectivity index (χ1n) is 7.81. The number of nitrogens with zero attached hydrogens (tertiary/aromatic N) is 3. The lowest BCUT2D eigenvalue weighted by Gasteiger charge is -2.34. The molecule has 1 aliphatic rings. The molecule has 0 saturated carbocycles. The van der Waals surface area contributed by atoms with Crippen molar-refractivity contribution in [3.05, 3.63) is 29.8 Å². The minimum atomic E-state index is 0.0610. The first-order valence-corrected chi connectivity index (χ1v) is 7.81. The summed E-state index contributed by atoms with van der Waals surface area (Å²) < 4.78 is 5.17. The van der Waals surface area contributed by atoms with Gasteiger partial charge in [0.2, 0.25) is 5.91 Å². The summed E-state index contributed by atoms with van der Waals surface area (Å²) in [7, 11) is 5.66. The van der Waals surface area contributed by atoms with Gasteiger partial charge in [-0.2, -0.15) is 0 Å². The Morgan fingerprint density at radius 1 is 1.23 bits per heavy atom. The number of ether oxygens (including phenoxy) is 1. The Hall–Kier alpha value is -1.59. The minimum Gasteiger partial charge on any atom is -0.497 e. The lowest BCUT2D eigenvalue weighted by atomic mass is 10.1. The van der Waals surface area contributed by atoms with Crippen LogP contribution < -0.4 is 4.74 Å². The van der Waals surface area contributed by atoms with Gasteiger partial charge in [0.25, 0.3) is 0 Å². The van der Waals surface area contributed by atoms with Crippen LogP contribution in [-0.2, 0) is 4.79 Å². The Bertz CT molecular complexity index is 481. The lowest BCUT2D eigenvalue weighted by molar-refractivity contribution is -0.133. The Balaban J connectivity index is 1.91. The highest BCUT2D eigenvalue weighted by molar-refractivity contribution is 5.78. The second kappa shape index (κ2) is 7.61. The zero-order valence-corrected chi connectivity index (χ0v) is 14.1. The summed E-state index contributed by atoms with van der Waals surface area (Å²) >= 11 is 0. The van der Waals surface area contributed by atoms with E-state index in [9.17, 15) is 4.79 Å². The molecule has 1 aromatic rings. The number of hydrogen-bond donors (Lipinski definition) is 0. The lowest BCUT2D eigenvalue weighted by Crippen LogP contribution is -2.48. The van der Waals surface area contributed by atoms with Crippen molar-refractivity contribution in [2.24, 2.45) is 0 Å². The van der Waals surface area contributed by atoms with Gasteiger partial charge in [-0.3, -0.25) is 9.69 Å². The van der Waals surface area contributed by atoms with Crippen LogP contribution in [0.15, 0.2) is 24.3 Å². The van der Waals surface area contributed by atoms with E-state index in [4.69, 9.17) is 4.74 Å². The molecule has 0 aliphatic carbocycles. The third kappa shape index (κ3) is 4.21. The number of carbonyl (C=O) groups is 1. The summed E-state index contributed by atoms with van der Waals surface area (Å²) in [5.41, 5.74) is 1.12. The number of amides is 1. The smallest absolute Gasteiger partial charge is 0.236 e. The molecule has 0 N–H and O–H groups in total. The van der Waals surface area contributed by atoms with E-state index in [-0.39, 0.29) is 11.9 Å². The summed E-state index contributed by atoms with van der Waals surface area (Å²) in [5.74, 6) is 1.01. The Kier molecular flexibility index (Phi) is 5.80. The van der Waals surface area contributed by atoms with Crippen LogP contribution in [0.1, 0.15) is 18.5 Å². The molecule has 0 bridgehead atoms. The zero-order chi connectivity index (χ0) is 16.1. The average Bonchev–Trinajstić information content (AvgIpc) is 2.55. The molecular weight excluding hydrogens is 278 g/mol. The topological polar surface area (TPSA) is 36.0 Å². The monoisotopic (exact) mass is 305 g/mol. The molecule has 1 aromatic carbocycles. The number of likely N-dealkylation sites (N-methyl/N-ethyl adjacent to an activating group) is 2. The predicted octanol–water partition coefficient (Wildman–Crippen LogP) is 1.46. The molecule has 0 aromatic heterocycles. The second-order valence-electron chi connectivity index (χ2n) is 6.03. The number of benzene rings is 1. The normalized spacial score (nSPS) is 18.0. The van der Waals surface area contributed by atoms with Gasteiger partial charge < -0.3 is 14.5 Å². The third-order valence-corrected chi connectivity index (χ3v) is 4.53. The highest BCUT2D eigenvalue weighted by Gasteiger charge is 2.22. The van der Waals surface area contributed by atoms with Crippen LogP contribution >= 0.6 is 0 Å². The quantitative estimate of drug-likeness (QED) is 0.825. The summed E-state index contributed by atoms with van der Waals surface area (Å²) in [6.45, 7) is 6.56. The average molecular weight is 305 g/mol. The van der Waals surface area contributed by atoms with Crippen molar-refractivity contribution in [1.82, 2.24) is 14.7 Å². The zero-order valence-electron chi connectivity index (χ0n) is 14.1. The van der Waals surface area contributed by atoms with E-state index in [2.05, 4.69) is 23.8 Å². The maximum Gasteiger partial charge on any atom is 0.236 e. The number of rotatable bonds is 5. The van der Waals surface area contributed by atoms with Gasteiger partial charge in [0.05, 0.1) is 19.7 Å². The standard InChI is InChI=1S/C17H27N3O2/c1-14(15-5-7-16(22-4)8-6-15)19(3)17(21)13-20-11-9-18(2)10-12-20/h5-8,14H,9-13H2,1-4H3/t14-/m1/s1. The molecule has 22 heavy (non-hydrogen) atoms. The van der Waals surface area contributed by atoms with Crippen LogP contribution in [0.3, 0.4) is 0 Å². The molecule has 1 atom stereocenters. The summed E-state index contributed by atoms with van der Waals surface area (Å²) in [6.07, 6.45) is 0. The molecule has 0 unspecified atom stereocenters. The molecule has 1 amide bonds. The maximum absolute atomic E-state index is 12.5. The van der Waals surface area contributed by atoms with Gasteiger partial charge >= 0.3 is 0 Å². The molecule has 5 heteroatoms. The summed E-state index contributed by atoms with van der Waals surface area (Å²) in [4.78, 5) is 18.8. The fourth-order valence-electron chi connectivity index (χ4n) is 2.63. The van der Waals surface area contributed by atoms with Gasteiger partial charge in [-0.15, -0.1) is 0 Å². The maximum atomic E-state index is 12.5. The van der Waals surface area contributed by atoms with Crippen molar-refractivity contribution in [1.29, 1.82) is 0 Å². The van der Waals surface area contributed by atoms with E-state index in [0.29, 0.717) is 6.54 Å². The highest BCUT2D eigenvalue weighted by Crippen LogP contribution is 2.21. The number of piperazine rings is 1. The second-order valence-corrected chi connectivity index (χ2v) is 6.03. The molecule has 1 saturated heterocycles. The van der Waals surface area contributed by atoms with E-state index in [1.807, 2.05) is 36.2 Å². The SMILES string of the molecule is COc1ccc([C@@H](C)N(C)C(=O)CN2CCN(C)CC2)cc1. The summed E-state index contributed by atoms with van der Waals surface area (Å²) in [6, 6.07) is 7.97. The molecule has 0 spiro atoms. The van der Waals surface area contributed by atoms with E-state index in [0.717, 1.165) is 37.5 Å². The molecule has 1 aliphatic heterocycles. The van der Waals surface area contributed by atoms with Gasteiger partial charge in [0.15, 0.2) is 0 Å². The van der Waals surface area contributed by atoms with E-state index < -0.39 is 0 Å². The molecule has 122 valence electrons. The number of hydrogen-bond acceptors (Lipinski definition) is 4. The summed E-state index contributed by atoms with van der Waals surface area (Å²) in [5, 5.41) is 0. The van der Waals surface area contributed by atoms with Crippen LogP contribution in [-0.4, -0.2) is 74.5 Å². The van der Waals surface area contributed by atoms with Gasteiger partial charge in [-0.25, -0.2) is 0 Å². The fourth-order valence-corrected chi connectivity index (χ4v) is 2.63. The van der Waals surface area contributed by atoms with Crippen molar-refractivity contribution in [2.45, 2.75) is 13.0 Å². The minimum absolute atomic E-state index is 0.0610. The largest absolute Gasteiger partial charge is 0.497 e. The van der Waals surface area contributed by atoms with Gasteiger partial charge in [-0.1, -0.05) is 12.1 Å². The van der Waals surface area contributed by atoms with E-state index in [1.54, 1.807) is 7.11 Å². The van der Waals surface area contributed by atoms with Crippen LogP contribution in [0.2, 0.25) is 0 Å². The number of carbonyl (C=O) groups excluding carboxylic acids is 1. The van der Waals surface area contributed by atoms with Crippen molar-refractivity contribution >= 4 is 5.91 Å². The molecule has 5 nitrogen and oxygen atoms in total. The molecule has 0 radical (unpaired) electrons. The first kappa shape index (κ1) is 16.8. The molecular formula is C17H27N3O2. The predicted molar refractivity (Wildman–Crippen MR) is 88.1 cm³/mol. The van der Waals surface area contributed by atoms with Gasteiger partial charge in [-0.05, 0) is 31.7 Å². The Morgan fingerprint density at radius 2 is 1.82 bits per heavy atom. The van der Waals surface area contributed by atoms with E-state index in [1.165, 1.54) is 0 Å². The van der Waals surface area contributed by atoms with Crippen LogP contribution in [0, 0.1) is 0 Å². The fraction of sp³-hybridized carbons (Fsp3) is 0.588. The van der Waals surface area contributed by atoms with Crippen LogP contribution in [0.4, 0.5) is 0 Å². The van der Waals surface area contributed by atoms with Crippen molar-refractivity contribution < 1.29 is 9.53 Å². The third-order valence-electron chi connectivity index (χ3n) is 4.53. The van der Waals surface area contributed by atoms with Crippen LogP contribution in [0.25, 0.3) is 0 Å². The van der Waals surface area contributed by atoms with Crippen molar-refractivity contribution in [3.63, 3.8) is 0 Å². The molecule has 2 rings (SSSR count). The Labute approximate surface area is 133 Å². The molecule has 1 fully saturated rings. The van der Waals surface area contributed by atoms with Crippen LogP contribution in [0.5, 0.6) is 5.75 Å². The van der Waals surface area contributed by atoms with Gasteiger partial charge in [0, 0.05) is 33.2 Å². The highest BCUT2D eigenvalue weighted by atomic mass is 16.5. The van der Waals surface area contributed by atoms with Crippen molar-refractivity contribution in [2.75, 3.05) is 53.9 Å². The van der Waals surface area contributed by atoms with E-state index >= 15 is 0 Å². The van der Waals surface area contributed by atoms with Crippen molar-refractivity contribution in [3.8, 4) is 5.75 Å². The van der Waals surface area contributed by atoms with Gasteiger partial charge in [0.1, 0.15) is 5.75 Å². The number of methoxy groups -OCH3 is 1. The molecule has 1 heterocycles. The Morgan fingerprint density at radius 3 is 2.36 bits per heavy atom. The first-order chi connectivity index (χ1) is 10.5.